The SMILES string of the molecule is O=C(N[C@H]1CCOc2ccccc21)[C@H]1CC(=O)N(C2CC2)C1. The zero-order valence-electron chi connectivity index (χ0n) is 12.5. The lowest BCUT2D eigenvalue weighted by Crippen LogP contribution is -2.37. The van der Waals surface area contributed by atoms with Crippen LogP contribution in [-0.2, 0) is 9.59 Å². The number of nitrogens with one attached hydrogen (secondary N) is 1. The fourth-order valence-electron chi connectivity index (χ4n) is 3.43. The zero-order chi connectivity index (χ0) is 15.1. The Kier molecular flexibility index (Phi) is 3.28. The Morgan fingerprint density at radius 3 is 2.86 bits per heavy atom. The van der Waals surface area contributed by atoms with Gasteiger partial charge in [0.15, 0.2) is 0 Å². The molecule has 5 nitrogen and oxygen atoms in total. The van der Waals surface area contributed by atoms with E-state index in [2.05, 4.69) is 5.32 Å². The second-order valence-electron chi connectivity index (χ2n) is 6.41. The summed E-state index contributed by atoms with van der Waals surface area (Å²) in [6, 6.07) is 8.21. The van der Waals surface area contributed by atoms with Crippen LogP contribution in [0.1, 0.15) is 37.3 Å². The Labute approximate surface area is 129 Å². The van der Waals surface area contributed by atoms with Crippen molar-refractivity contribution in [1.29, 1.82) is 0 Å². The normalized spacial score (nSPS) is 27.3. The van der Waals surface area contributed by atoms with Crippen LogP contribution in [0.2, 0.25) is 0 Å². The van der Waals surface area contributed by atoms with Gasteiger partial charge in [0.05, 0.1) is 18.6 Å². The summed E-state index contributed by atoms with van der Waals surface area (Å²) >= 11 is 0. The number of benzene rings is 1. The third kappa shape index (κ3) is 2.45. The Morgan fingerprint density at radius 2 is 2.05 bits per heavy atom. The van der Waals surface area contributed by atoms with Crippen LogP contribution in [0.5, 0.6) is 5.75 Å². The summed E-state index contributed by atoms with van der Waals surface area (Å²) in [5, 5.41) is 3.12. The Hall–Kier alpha value is -2.04. The van der Waals surface area contributed by atoms with Crippen LogP contribution in [0.15, 0.2) is 24.3 Å². The summed E-state index contributed by atoms with van der Waals surface area (Å²) in [4.78, 5) is 26.4. The van der Waals surface area contributed by atoms with E-state index in [0.717, 1.165) is 30.6 Å². The number of likely N-dealkylation sites (tertiary alicyclic amines) is 1. The van der Waals surface area contributed by atoms with E-state index in [0.29, 0.717) is 25.6 Å². The van der Waals surface area contributed by atoms with Crippen molar-refractivity contribution in [2.24, 2.45) is 5.92 Å². The average molecular weight is 300 g/mol. The number of rotatable bonds is 3. The lowest BCUT2D eigenvalue weighted by Gasteiger charge is -2.27. The van der Waals surface area contributed by atoms with Crippen LogP contribution in [0.4, 0.5) is 0 Å². The molecule has 22 heavy (non-hydrogen) atoms. The van der Waals surface area contributed by atoms with E-state index in [1.54, 1.807) is 0 Å². The van der Waals surface area contributed by atoms with Crippen molar-refractivity contribution >= 4 is 11.8 Å². The van der Waals surface area contributed by atoms with Crippen LogP contribution in [0, 0.1) is 5.92 Å². The molecule has 1 aromatic rings. The lowest BCUT2D eigenvalue weighted by molar-refractivity contribution is -0.129. The summed E-state index contributed by atoms with van der Waals surface area (Å²) in [5.74, 6) is 0.775. The Morgan fingerprint density at radius 1 is 1.23 bits per heavy atom. The molecule has 2 amide bonds. The van der Waals surface area contributed by atoms with Gasteiger partial charge in [-0.15, -0.1) is 0 Å². The molecule has 0 unspecified atom stereocenters. The van der Waals surface area contributed by atoms with Gasteiger partial charge in [-0.25, -0.2) is 0 Å². The van der Waals surface area contributed by atoms with Gasteiger partial charge in [-0.05, 0) is 18.9 Å². The number of carbonyl (C=O) groups excluding carboxylic acids is 2. The number of carbonyl (C=O) groups is 2. The number of fused-ring (bicyclic) bond motifs is 1. The molecule has 1 saturated carbocycles. The Balaban J connectivity index is 1.44. The van der Waals surface area contributed by atoms with E-state index in [4.69, 9.17) is 4.74 Å². The van der Waals surface area contributed by atoms with Gasteiger partial charge >= 0.3 is 0 Å². The number of hydrogen-bond acceptors (Lipinski definition) is 3. The number of para-hydroxylation sites is 1. The van der Waals surface area contributed by atoms with Gasteiger partial charge in [0.2, 0.25) is 11.8 Å². The van der Waals surface area contributed by atoms with Gasteiger partial charge in [-0.2, -0.15) is 0 Å². The van der Waals surface area contributed by atoms with Gasteiger partial charge in [-0.1, -0.05) is 18.2 Å². The van der Waals surface area contributed by atoms with Crippen molar-refractivity contribution in [2.45, 2.75) is 37.8 Å². The molecule has 2 fully saturated rings. The molecule has 2 heterocycles. The molecule has 5 heteroatoms. The third-order valence-corrected chi connectivity index (χ3v) is 4.79. The highest BCUT2D eigenvalue weighted by Crippen LogP contribution is 2.34. The van der Waals surface area contributed by atoms with Gasteiger partial charge in [-0.3, -0.25) is 9.59 Å². The maximum absolute atomic E-state index is 12.5. The summed E-state index contributed by atoms with van der Waals surface area (Å²) in [6.45, 7) is 1.19. The van der Waals surface area contributed by atoms with E-state index in [1.807, 2.05) is 29.2 Å². The van der Waals surface area contributed by atoms with Crippen molar-refractivity contribution in [3.63, 3.8) is 0 Å². The monoisotopic (exact) mass is 300 g/mol. The summed E-state index contributed by atoms with van der Waals surface area (Å²) in [6.07, 6.45) is 3.31. The molecule has 2 atom stereocenters. The molecule has 3 aliphatic rings. The van der Waals surface area contributed by atoms with Crippen LogP contribution < -0.4 is 10.1 Å². The molecule has 1 N–H and O–H groups in total. The smallest absolute Gasteiger partial charge is 0.225 e. The number of ether oxygens (including phenoxy) is 1. The van der Waals surface area contributed by atoms with Crippen molar-refractivity contribution in [3.05, 3.63) is 29.8 Å². The molecular formula is C17H20N2O3. The minimum atomic E-state index is -0.205. The van der Waals surface area contributed by atoms with E-state index in [-0.39, 0.29) is 23.8 Å². The average Bonchev–Trinajstić information content (AvgIpc) is 3.30. The van der Waals surface area contributed by atoms with Crippen LogP contribution in [0.3, 0.4) is 0 Å². The molecule has 2 aliphatic heterocycles. The molecule has 1 saturated heterocycles. The highest BCUT2D eigenvalue weighted by molar-refractivity contribution is 5.89. The second kappa shape index (κ2) is 5.30. The molecule has 116 valence electrons. The number of amides is 2. The molecule has 1 aromatic carbocycles. The van der Waals surface area contributed by atoms with Gasteiger partial charge < -0.3 is 15.0 Å². The largest absolute Gasteiger partial charge is 0.493 e. The zero-order valence-corrected chi connectivity index (χ0v) is 12.5. The first-order valence-corrected chi connectivity index (χ1v) is 8.04. The minimum Gasteiger partial charge on any atom is -0.493 e. The van der Waals surface area contributed by atoms with Crippen molar-refractivity contribution in [2.75, 3.05) is 13.2 Å². The predicted molar refractivity (Wildman–Crippen MR) is 80.3 cm³/mol. The van der Waals surface area contributed by atoms with Crippen molar-refractivity contribution in [1.82, 2.24) is 10.2 Å². The molecule has 0 radical (unpaired) electrons. The first-order chi connectivity index (χ1) is 10.7. The first kappa shape index (κ1) is 13.6. The highest BCUT2D eigenvalue weighted by atomic mass is 16.5. The number of hydrogen-bond donors (Lipinski definition) is 1. The first-order valence-electron chi connectivity index (χ1n) is 8.04. The molecule has 0 spiro atoms. The van der Waals surface area contributed by atoms with Gasteiger partial charge in [0.25, 0.3) is 0 Å². The van der Waals surface area contributed by atoms with Crippen molar-refractivity contribution in [3.8, 4) is 5.75 Å². The van der Waals surface area contributed by atoms with E-state index < -0.39 is 0 Å². The van der Waals surface area contributed by atoms with Crippen LogP contribution >= 0.6 is 0 Å². The molecule has 1 aliphatic carbocycles. The predicted octanol–water partition coefficient (Wildman–Crippen LogP) is 1.64. The van der Waals surface area contributed by atoms with E-state index in [9.17, 15) is 9.59 Å². The maximum atomic E-state index is 12.5. The van der Waals surface area contributed by atoms with E-state index >= 15 is 0 Å². The second-order valence-corrected chi connectivity index (χ2v) is 6.41. The van der Waals surface area contributed by atoms with Gasteiger partial charge in [0, 0.05) is 31.0 Å². The highest BCUT2D eigenvalue weighted by Gasteiger charge is 2.42. The fraction of sp³-hybridized carbons (Fsp3) is 0.529. The Bertz CT molecular complexity index is 612. The van der Waals surface area contributed by atoms with Gasteiger partial charge in [0.1, 0.15) is 5.75 Å². The summed E-state index contributed by atoms with van der Waals surface area (Å²) < 4.78 is 5.62. The fourth-order valence-corrected chi connectivity index (χ4v) is 3.43. The van der Waals surface area contributed by atoms with Crippen LogP contribution in [0.25, 0.3) is 0 Å². The molecule has 0 bridgehead atoms. The molecule has 4 rings (SSSR count). The molecule has 0 aromatic heterocycles. The lowest BCUT2D eigenvalue weighted by atomic mass is 9.99. The summed E-state index contributed by atoms with van der Waals surface area (Å²) in [7, 11) is 0. The minimum absolute atomic E-state index is 0.00166. The maximum Gasteiger partial charge on any atom is 0.225 e. The number of nitrogens with zero attached hydrogens (tertiary/aromatic N) is 1. The van der Waals surface area contributed by atoms with Crippen LogP contribution in [-0.4, -0.2) is 35.9 Å². The van der Waals surface area contributed by atoms with Crippen molar-refractivity contribution < 1.29 is 14.3 Å². The summed E-state index contributed by atoms with van der Waals surface area (Å²) in [5.41, 5.74) is 1.03. The quantitative estimate of drug-likeness (QED) is 0.923. The topological polar surface area (TPSA) is 58.6 Å². The van der Waals surface area contributed by atoms with E-state index in [1.165, 1.54) is 0 Å². The molecular weight excluding hydrogens is 280 g/mol. The standard InChI is InChI=1S/C17H20N2O3/c20-16-9-11(10-19(16)12-5-6-12)17(21)18-14-7-8-22-15-4-2-1-3-13(14)15/h1-4,11-12,14H,5-10H2,(H,18,21)/t11-,14-/m0/s1. The third-order valence-electron chi connectivity index (χ3n) is 4.79.